The fourth-order valence-corrected chi connectivity index (χ4v) is 1.88. The molecular formula is C11H7ClF3N3O3. The van der Waals surface area contributed by atoms with E-state index in [9.17, 15) is 22.8 Å². The van der Waals surface area contributed by atoms with Crippen molar-refractivity contribution in [2.45, 2.75) is 12.7 Å². The van der Waals surface area contributed by atoms with Gasteiger partial charge in [0.05, 0.1) is 16.3 Å². The molecule has 2 rings (SSSR count). The topological polar surface area (TPSA) is 77.1 Å². The van der Waals surface area contributed by atoms with Crippen molar-refractivity contribution in [1.29, 1.82) is 0 Å². The second-order valence-corrected chi connectivity index (χ2v) is 4.43. The zero-order valence-corrected chi connectivity index (χ0v) is 10.9. The molecule has 1 aromatic carbocycles. The van der Waals surface area contributed by atoms with Gasteiger partial charge in [-0.15, -0.1) is 0 Å². The van der Waals surface area contributed by atoms with Gasteiger partial charge < -0.3 is 5.11 Å². The number of carbonyl (C=O) groups is 1. The van der Waals surface area contributed by atoms with Gasteiger partial charge in [-0.25, -0.2) is 18.8 Å². The Kier molecular flexibility index (Phi) is 3.77. The summed E-state index contributed by atoms with van der Waals surface area (Å²) in [4.78, 5) is 22.6. The highest BCUT2D eigenvalue weighted by Crippen LogP contribution is 2.20. The first-order chi connectivity index (χ1) is 9.69. The highest BCUT2D eigenvalue weighted by Gasteiger charge is 2.30. The third-order valence-corrected chi connectivity index (χ3v) is 2.84. The molecule has 0 saturated carbocycles. The molecule has 1 aromatic heterocycles. The van der Waals surface area contributed by atoms with Crippen LogP contribution < -0.4 is 5.69 Å². The Bertz CT molecular complexity index is 751. The van der Waals surface area contributed by atoms with Gasteiger partial charge in [0.15, 0.2) is 0 Å². The van der Waals surface area contributed by atoms with E-state index in [1.54, 1.807) is 0 Å². The summed E-state index contributed by atoms with van der Waals surface area (Å²) in [6.07, 6.45) is -3.67. The molecule has 6 nitrogen and oxygen atoms in total. The third kappa shape index (κ3) is 3.24. The maximum absolute atomic E-state index is 12.2. The van der Waals surface area contributed by atoms with Crippen LogP contribution in [0.4, 0.5) is 13.2 Å². The van der Waals surface area contributed by atoms with Crippen molar-refractivity contribution >= 4 is 17.6 Å². The summed E-state index contributed by atoms with van der Waals surface area (Å²) in [5, 5.41) is 12.0. The van der Waals surface area contributed by atoms with Crippen LogP contribution in [0.25, 0.3) is 5.69 Å². The van der Waals surface area contributed by atoms with Crippen LogP contribution in [0.2, 0.25) is 5.02 Å². The van der Waals surface area contributed by atoms with Crippen molar-refractivity contribution in [2.75, 3.05) is 0 Å². The van der Waals surface area contributed by atoms with Gasteiger partial charge in [0.25, 0.3) is 0 Å². The van der Waals surface area contributed by atoms with E-state index in [2.05, 4.69) is 5.10 Å². The number of halogens is 4. The van der Waals surface area contributed by atoms with Gasteiger partial charge in [-0.05, 0) is 18.2 Å². The Morgan fingerprint density at radius 3 is 2.57 bits per heavy atom. The van der Waals surface area contributed by atoms with Crippen molar-refractivity contribution in [2.24, 2.45) is 0 Å². The van der Waals surface area contributed by atoms with Crippen LogP contribution in [0, 0.1) is 0 Å². The van der Waals surface area contributed by atoms with E-state index in [4.69, 9.17) is 16.7 Å². The summed E-state index contributed by atoms with van der Waals surface area (Å²) in [6.45, 7) is -1.51. The molecule has 1 heterocycles. The molecule has 0 fully saturated rings. The molecular weight excluding hydrogens is 315 g/mol. The number of hydrogen-bond donors (Lipinski definition) is 1. The highest BCUT2D eigenvalue weighted by atomic mass is 35.5. The Morgan fingerprint density at radius 1 is 1.38 bits per heavy atom. The number of rotatable bonds is 3. The van der Waals surface area contributed by atoms with Crippen LogP contribution in [0.3, 0.4) is 0 Å². The van der Waals surface area contributed by atoms with Crippen LogP contribution in [-0.4, -0.2) is 31.6 Å². The van der Waals surface area contributed by atoms with E-state index in [1.165, 1.54) is 6.07 Å². The summed E-state index contributed by atoms with van der Waals surface area (Å²) < 4.78 is 37.8. The average molecular weight is 322 g/mol. The van der Waals surface area contributed by atoms with E-state index in [0.29, 0.717) is 0 Å². The molecule has 0 unspecified atom stereocenters. The molecule has 0 atom stereocenters. The predicted molar refractivity (Wildman–Crippen MR) is 65.8 cm³/mol. The fraction of sp³-hybridized carbons (Fsp3) is 0.182. The zero-order valence-electron chi connectivity index (χ0n) is 10.1. The van der Waals surface area contributed by atoms with E-state index in [-0.39, 0.29) is 21.0 Å². The molecule has 0 bridgehead atoms. The number of aromatic nitrogens is 3. The van der Waals surface area contributed by atoms with Crippen molar-refractivity contribution in [3.8, 4) is 5.69 Å². The highest BCUT2D eigenvalue weighted by molar-refractivity contribution is 6.33. The minimum atomic E-state index is -4.58. The van der Waals surface area contributed by atoms with E-state index in [0.717, 1.165) is 23.0 Å². The standard InChI is InChI=1S/C11H7ClF3N3O3/c12-8-3-6(1-2-7(8)9(19)20)17-5-16-18(10(17)21)4-11(13,14)15/h1-3,5H,4H2,(H,19,20). The summed E-state index contributed by atoms with van der Waals surface area (Å²) >= 11 is 5.74. The Hall–Kier alpha value is -2.29. The maximum atomic E-state index is 12.2. The molecule has 0 aliphatic carbocycles. The van der Waals surface area contributed by atoms with Crippen molar-refractivity contribution in [3.63, 3.8) is 0 Å². The zero-order chi connectivity index (χ0) is 15.8. The first kappa shape index (κ1) is 15.1. The van der Waals surface area contributed by atoms with Gasteiger partial charge in [0.1, 0.15) is 12.9 Å². The molecule has 0 radical (unpaired) electrons. The first-order valence-electron chi connectivity index (χ1n) is 5.43. The second-order valence-electron chi connectivity index (χ2n) is 4.03. The van der Waals surface area contributed by atoms with Crippen LogP contribution in [0.15, 0.2) is 29.3 Å². The average Bonchev–Trinajstić information content (AvgIpc) is 2.68. The molecule has 0 aliphatic heterocycles. The molecule has 0 spiro atoms. The Labute approximate surface area is 120 Å². The van der Waals surface area contributed by atoms with E-state index in [1.807, 2.05) is 0 Å². The normalized spacial score (nSPS) is 11.6. The smallest absolute Gasteiger partial charge is 0.408 e. The molecule has 21 heavy (non-hydrogen) atoms. The number of carboxylic acid groups (broad SMARTS) is 1. The molecule has 2 aromatic rings. The molecule has 10 heteroatoms. The lowest BCUT2D eigenvalue weighted by Crippen LogP contribution is -2.30. The number of carboxylic acids is 1. The lowest BCUT2D eigenvalue weighted by molar-refractivity contribution is -0.143. The van der Waals surface area contributed by atoms with Crippen LogP contribution in [-0.2, 0) is 6.54 Å². The van der Waals surface area contributed by atoms with E-state index < -0.39 is 24.4 Å². The lowest BCUT2D eigenvalue weighted by atomic mass is 10.2. The van der Waals surface area contributed by atoms with Gasteiger partial charge in [-0.3, -0.25) is 0 Å². The predicted octanol–water partition coefficient (Wildman–Crippen LogP) is 1.95. The Balaban J connectivity index is 2.42. The maximum Gasteiger partial charge on any atom is 0.408 e. The minimum absolute atomic E-state index is 0.114. The Morgan fingerprint density at radius 2 is 2.05 bits per heavy atom. The van der Waals surface area contributed by atoms with Gasteiger partial charge in [-0.2, -0.15) is 18.3 Å². The summed E-state index contributed by atoms with van der Waals surface area (Å²) in [5.74, 6) is -1.26. The van der Waals surface area contributed by atoms with Crippen LogP contribution in [0.1, 0.15) is 10.4 Å². The van der Waals surface area contributed by atoms with Crippen molar-refractivity contribution in [1.82, 2.24) is 14.3 Å². The van der Waals surface area contributed by atoms with Crippen molar-refractivity contribution < 1.29 is 23.1 Å². The van der Waals surface area contributed by atoms with Crippen LogP contribution >= 0.6 is 11.6 Å². The molecule has 0 aliphatic rings. The van der Waals surface area contributed by atoms with E-state index >= 15 is 0 Å². The number of hydrogen-bond acceptors (Lipinski definition) is 3. The SMILES string of the molecule is O=C(O)c1ccc(-n2cnn(CC(F)(F)F)c2=O)cc1Cl. The van der Waals surface area contributed by atoms with Gasteiger partial charge in [0, 0.05) is 0 Å². The summed E-state index contributed by atoms with van der Waals surface area (Å²) in [7, 11) is 0. The monoisotopic (exact) mass is 321 g/mol. The molecule has 112 valence electrons. The van der Waals surface area contributed by atoms with Gasteiger partial charge >= 0.3 is 17.8 Å². The number of alkyl halides is 3. The summed E-state index contributed by atoms with van der Waals surface area (Å²) in [5.41, 5.74) is -1.08. The first-order valence-corrected chi connectivity index (χ1v) is 5.81. The molecule has 1 N–H and O–H groups in total. The minimum Gasteiger partial charge on any atom is -0.478 e. The fourth-order valence-electron chi connectivity index (χ4n) is 1.62. The van der Waals surface area contributed by atoms with Crippen molar-refractivity contribution in [3.05, 3.63) is 45.6 Å². The number of nitrogens with zero attached hydrogens (tertiary/aromatic N) is 3. The van der Waals surface area contributed by atoms with Gasteiger partial charge in [0.2, 0.25) is 0 Å². The summed E-state index contributed by atoms with van der Waals surface area (Å²) in [6, 6.07) is 3.55. The lowest BCUT2D eigenvalue weighted by Gasteiger charge is -2.05. The number of benzene rings is 1. The third-order valence-electron chi connectivity index (χ3n) is 2.52. The van der Waals surface area contributed by atoms with Crippen LogP contribution in [0.5, 0.6) is 0 Å². The largest absolute Gasteiger partial charge is 0.478 e. The number of aromatic carboxylic acids is 1. The second kappa shape index (κ2) is 5.24. The molecule has 0 saturated heterocycles. The quantitative estimate of drug-likeness (QED) is 0.937. The molecule has 0 amide bonds. The van der Waals surface area contributed by atoms with Gasteiger partial charge in [-0.1, -0.05) is 11.6 Å².